The third-order valence-electron chi connectivity index (χ3n) is 5.59. The predicted molar refractivity (Wildman–Crippen MR) is 94.1 cm³/mol. The smallest absolute Gasteiger partial charge is 0.358 e. The Kier molecular flexibility index (Phi) is 6.04. The number of rotatable bonds is 6. The van der Waals surface area contributed by atoms with Crippen LogP contribution in [0.3, 0.4) is 0 Å². The Morgan fingerprint density at radius 3 is 2.16 bits per heavy atom. The molecule has 7 heteroatoms. The molecule has 0 unspecified atom stereocenters. The zero-order chi connectivity index (χ0) is 17.6. The highest BCUT2D eigenvalue weighted by molar-refractivity contribution is 5.77. The van der Waals surface area contributed by atoms with Crippen molar-refractivity contribution < 1.29 is 9.72 Å². The molecule has 2 aliphatic rings. The summed E-state index contributed by atoms with van der Waals surface area (Å²) in [6.45, 7) is 0.405. The van der Waals surface area contributed by atoms with E-state index in [1.165, 1.54) is 49.3 Å². The van der Waals surface area contributed by atoms with Gasteiger partial charge in [0.15, 0.2) is 0 Å². The maximum atomic E-state index is 13.0. The van der Waals surface area contributed by atoms with Crippen molar-refractivity contribution in [2.75, 3.05) is 0 Å². The molecule has 0 saturated heterocycles. The number of nitrogens with zero attached hydrogens (tertiary/aromatic N) is 4. The van der Waals surface area contributed by atoms with Crippen LogP contribution in [0.5, 0.6) is 0 Å². The Morgan fingerprint density at radius 1 is 1.12 bits per heavy atom. The lowest BCUT2D eigenvalue weighted by molar-refractivity contribution is -0.389. The van der Waals surface area contributed by atoms with Crippen LogP contribution in [-0.4, -0.2) is 37.6 Å². The Labute approximate surface area is 148 Å². The van der Waals surface area contributed by atoms with E-state index in [0.29, 0.717) is 25.0 Å². The second-order valence-corrected chi connectivity index (χ2v) is 7.33. The molecule has 2 aliphatic carbocycles. The predicted octanol–water partition coefficient (Wildman–Crippen LogP) is 3.68. The van der Waals surface area contributed by atoms with E-state index < -0.39 is 4.92 Å². The van der Waals surface area contributed by atoms with E-state index in [1.54, 1.807) is 6.20 Å². The number of aromatic nitrogens is 2. The van der Waals surface area contributed by atoms with E-state index in [1.807, 2.05) is 0 Å². The van der Waals surface area contributed by atoms with Gasteiger partial charge in [-0.05, 0) is 30.6 Å². The lowest BCUT2D eigenvalue weighted by Gasteiger charge is -2.42. The van der Waals surface area contributed by atoms with Gasteiger partial charge in [-0.25, -0.2) is 0 Å². The van der Waals surface area contributed by atoms with Crippen LogP contribution in [0.1, 0.15) is 70.6 Å². The molecule has 1 aromatic rings. The Bertz CT molecular complexity index is 571. The van der Waals surface area contributed by atoms with Crippen LogP contribution in [0.25, 0.3) is 0 Å². The average Bonchev–Trinajstić information content (AvgIpc) is 3.11. The van der Waals surface area contributed by atoms with Crippen molar-refractivity contribution in [3.63, 3.8) is 0 Å². The van der Waals surface area contributed by atoms with Crippen LogP contribution < -0.4 is 0 Å². The van der Waals surface area contributed by atoms with Crippen molar-refractivity contribution in [1.82, 2.24) is 14.7 Å². The van der Waals surface area contributed by atoms with Crippen molar-refractivity contribution in [2.24, 2.45) is 0 Å². The van der Waals surface area contributed by atoms with Gasteiger partial charge in [-0.2, -0.15) is 4.68 Å². The summed E-state index contributed by atoms with van der Waals surface area (Å²) in [5.74, 6) is 0.0285. The molecule has 0 atom stereocenters. The molecule has 0 radical (unpaired) electrons. The standard InChI is InChI=1S/C18H28N4O3/c23-18(12-14-20-13-11-17(19-20)22(24)25)21(15-7-3-1-4-8-15)16-9-5-2-6-10-16/h11,13,15-16H,1-10,12,14H2. The minimum absolute atomic E-state index is 0.163. The molecule has 0 aliphatic heterocycles. The average molecular weight is 348 g/mol. The molecule has 138 valence electrons. The molecule has 0 bridgehead atoms. The summed E-state index contributed by atoms with van der Waals surface area (Å²) in [5.41, 5.74) is 0. The zero-order valence-electron chi connectivity index (χ0n) is 14.8. The first-order valence-corrected chi connectivity index (χ1v) is 9.64. The lowest BCUT2D eigenvalue weighted by atomic mass is 9.88. The highest BCUT2D eigenvalue weighted by Crippen LogP contribution is 2.30. The summed E-state index contributed by atoms with van der Waals surface area (Å²) in [5, 5.41) is 14.6. The molecule has 1 heterocycles. The molecule has 2 fully saturated rings. The molecule has 1 aromatic heterocycles. The van der Waals surface area contributed by atoms with Gasteiger partial charge in [-0.15, -0.1) is 0 Å². The first kappa shape index (κ1) is 17.9. The Balaban J connectivity index is 1.63. The molecule has 1 amide bonds. The van der Waals surface area contributed by atoms with E-state index in [9.17, 15) is 14.9 Å². The van der Waals surface area contributed by atoms with Crippen LogP contribution in [0.4, 0.5) is 5.82 Å². The summed E-state index contributed by atoms with van der Waals surface area (Å²) in [4.78, 5) is 25.4. The fraction of sp³-hybridized carbons (Fsp3) is 0.778. The lowest BCUT2D eigenvalue weighted by Crippen LogP contribution is -2.49. The van der Waals surface area contributed by atoms with Gasteiger partial charge in [0, 0.05) is 18.5 Å². The number of carbonyl (C=O) groups is 1. The van der Waals surface area contributed by atoms with E-state index in [4.69, 9.17) is 0 Å². The summed E-state index contributed by atoms with van der Waals surface area (Å²) >= 11 is 0. The van der Waals surface area contributed by atoms with Gasteiger partial charge in [0.2, 0.25) is 5.91 Å². The van der Waals surface area contributed by atoms with Crippen LogP contribution in [-0.2, 0) is 11.3 Å². The molecular formula is C18H28N4O3. The molecule has 7 nitrogen and oxygen atoms in total. The molecular weight excluding hydrogens is 320 g/mol. The minimum atomic E-state index is -0.505. The zero-order valence-corrected chi connectivity index (χ0v) is 14.8. The van der Waals surface area contributed by atoms with Crippen LogP contribution >= 0.6 is 0 Å². The van der Waals surface area contributed by atoms with Crippen molar-refractivity contribution in [3.8, 4) is 0 Å². The summed E-state index contributed by atoms with van der Waals surface area (Å²) < 4.78 is 1.51. The van der Waals surface area contributed by atoms with E-state index in [-0.39, 0.29) is 11.7 Å². The monoisotopic (exact) mass is 348 g/mol. The van der Waals surface area contributed by atoms with Crippen LogP contribution in [0.2, 0.25) is 0 Å². The number of hydrogen-bond acceptors (Lipinski definition) is 4. The van der Waals surface area contributed by atoms with Crippen molar-refractivity contribution in [2.45, 2.75) is 89.3 Å². The second-order valence-electron chi connectivity index (χ2n) is 7.33. The maximum absolute atomic E-state index is 13.0. The normalized spacial score (nSPS) is 19.7. The molecule has 3 rings (SSSR count). The van der Waals surface area contributed by atoms with Gasteiger partial charge < -0.3 is 15.0 Å². The number of aryl methyl sites for hydroxylation is 1. The van der Waals surface area contributed by atoms with Crippen LogP contribution in [0, 0.1) is 10.1 Å². The Morgan fingerprint density at radius 2 is 1.68 bits per heavy atom. The van der Waals surface area contributed by atoms with Gasteiger partial charge in [-0.1, -0.05) is 38.5 Å². The van der Waals surface area contributed by atoms with Crippen molar-refractivity contribution in [1.29, 1.82) is 0 Å². The second kappa shape index (κ2) is 8.45. The van der Waals surface area contributed by atoms with Gasteiger partial charge in [0.05, 0.1) is 23.9 Å². The van der Waals surface area contributed by atoms with Gasteiger partial charge >= 0.3 is 5.82 Å². The molecule has 0 N–H and O–H groups in total. The highest BCUT2D eigenvalue weighted by Gasteiger charge is 2.32. The number of amides is 1. The first-order chi connectivity index (χ1) is 12.1. The number of carbonyl (C=O) groups excluding carboxylic acids is 1. The summed E-state index contributed by atoms with van der Waals surface area (Å²) in [7, 11) is 0. The van der Waals surface area contributed by atoms with Gasteiger partial charge in [-0.3, -0.25) is 4.79 Å². The fourth-order valence-corrected chi connectivity index (χ4v) is 4.34. The number of nitro groups is 1. The van der Waals surface area contributed by atoms with Crippen LogP contribution in [0.15, 0.2) is 12.3 Å². The summed E-state index contributed by atoms with van der Waals surface area (Å²) in [6, 6.07) is 2.15. The third-order valence-corrected chi connectivity index (χ3v) is 5.59. The van der Waals surface area contributed by atoms with E-state index in [0.717, 1.165) is 25.7 Å². The van der Waals surface area contributed by atoms with Gasteiger partial charge in [0.25, 0.3) is 0 Å². The molecule has 25 heavy (non-hydrogen) atoms. The SMILES string of the molecule is O=C(CCn1ccc([N+](=O)[O-])n1)N(C1CCCCC1)C1CCCCC1. The molecule has 2 saturated carbocycles. The minimum Gasteiger partial charge on any atom is -0.358 e. The van der Waals surface area contributed by atoms with E-state index >= 15 is 0 Å². The van der Waals surface area contributed by atoms with Crippen molar-refractivity contribution in [3.05, 3.63) is 22.4 Å². The highest BCUT2D eigenvalue weighted by atomic mass is 16.6. The summed E-state index contributed by atoms with van der Waals surface area (Å²) in [6.07, 6.45) is 13.8. The maximum Gasteiger partial charge on any atom is 0.389 e. The quantitative estimate of drug-likeness (QED) is 0.580. The topological polar surface area (TPSA) is 81.3 Å². The van der Waals surface area contributed by atoms with Crippen molar-refractivity contribution >= 4 is 11.7 Å². The largest absolute Gasteiger partial charge is 0.389 e. The first-order valence-electron chi connectivity index (χ1n) is 9.64. The van der Waals surface area contributed by atoms with E-state index in [2.05, 4.69) is 10.00 Å². The third kappa shape index (κ3) is 4.58. The fourth-order valence-electron chi connectivity index (χ4n) is 4.34. The molecule has 0 spiro atoms. The number of hydrogen-bond donors (Lipinski definition) is 0. The molecule has 0 aromatic carbocycles. The Hall–Kier alpha value is -1.92. The van der Waals surface area contributed by atoms with Gasteiger partial charge in [0.1, 0.15) is 0 Å².